The molecule has 2 atom stereocenters. The lowest BCUT2D eigenvalue weighted by Crippen LogP contribution is -2.59. The molecule has 0 radical (unpaired) electrons. The highest BCUT2D eigenvalue weighted by atomic mass is 19.4. The van der Waals surface area contributed by atoms with Crippen LogP contribution >= 0.6 is 0 Å². The minimum absolute atomic E-state index is 0.122. The third kappa shape index (κ3) is 4.95. The number of benzene rings is 1. The Bertz CT molecular complexity index is 1000. The summed E-state index contributed by atoms with van der Waals surface area (Å²) in [4.78, 5) is 31.1. The first kappa shape index (κ1) is 23.0. The molecular weight excluding hydrogens is 441 g/mol. The van der Waals surface area contributed by atoms with Gasteiger partial charge in [-0.3, -0.25) is 9.69 Å². The van der Waals surface area contributed by atoms with Crippen molar-refractivity contribution < 1.29 is 37.0 Å². The summed E-state index contributed by atoms with van der Waals surface area (Å²) in [5, 5.41) is 0. The molecular formula is C23H23F3N2O5. The summed E-state index contributed by atoms with van der Waals surface area (Å²) in [5.41, 5.74) is -0.377. The van der Waals surface area contributed by atoms with E-state index in [4.69, 9.17) is 14.2 Å². The van der Waals surface area contributed by atoms with Crippen LogP contribution in [0.3, 0.4) is 0 Å². The largest absolute Gasteiger partial charge is 0.481 e. The molecule has 0 spiro atoms. The fraction of sp³-hybridized carbons (Fsp3) is 0.435. The predicted molar refractivity (Wildman–Crippen MR) is 110 cm³/mol. The second-order valence-corrected chi connectivity index (χ2v) is 8.10. The van der Waals surface area contributed by atoms with Crippen molar-refractivity contribution in [3.05, 3.63) is 59.3 Å². The molecule has 1 amide bonds. The van der Waals surface area contributed by atoms with Crippen LogP contribution in [-0.2, 0) is 22.3 Å². The van der Waals surface area contributed by atoms with Crippen molar-refractivity contribution in [2.24, 2.45) is 5.92 Å². The van der Waals surface area contributed by atoms with Gasteiger partial charge in [-0.1, -0.05) is 30.3 Å². The van der Waals surface area contributed by atoms with Gasteiger partial charge in [-0.25, -0.2) is 9.78 Å². The van der Waals surface area contributed by atoms with E-state index < -0.39 is 47.5 Å². The number of carbonyl (C=O) groups is 2. The zero-order valence-corrected chi connectivity index (χ0v) is 17.9. The molecule has 1 aromatic carbocycles. The summed E-state index contributed by atoms with van der Waals surface area (Å²) in [5.74, 6) is -1.58. The number of alkyl halides is 3. The fourth-order valence-corrected chi connectivity index (χ4v) is 4.41. The Balaban J connectivity index is 1.47. The minimum atomic E-state index is -4.70. The smallest absolute Gasteiger partial charge is 0.421 e. The van der Waals surface area contributed by atoms with E-state index in [-0.39, 0.29) is 38.2 Å². The number of fused-ring (bicyclic) bond motifs is 2. The van der Waals surface area contributed by atoms with Gasteiger partial charge >= 0.3 is 12.3 Å². The molecule has 1 aromatic heterocycles. The topological polar surface area (TPSA) is 78.0 Å². The van der Waals surface area contributed by atoms with E-state index in [2.05, 4.69) is 4.98 Å². The average molecular weight is 464 g/mol. The molecule has 2 aliphatic heterocycles. The minimum Gasteiger partial charge on any atom is -0.481 e. The molecule has 33 heavy (non-hydrogen) atoms. The summed E-state index contributed by atoms with van der Waals surface area (Å²) < 4.78 is 55.7. The number of pyridine rings is 1. The van der Waals surface area contributed by atoms with Crippen molar-refractivity contribution in [2.45, 2.75) is 37.7 Å². The first-order valence-corrected chi connectivity index (χ1v) is 10.5. The Hall–Kier alpha value is -3.14. The van der Waals surface area contributed by atoms with Crippen LogP contribution in [0.4, 0.5) is 18.0 Å². The van der Waals surface area contributed by atoms with Crippen LogP contribution in [-0.4, -0.2) is 54.2 Å². The van der Waals surface area contributed by atoms with Gasteiger partial charge in [0.15, 0.2) is 5.78 Å². The van der Waals surface area contributed by atoms with Gasteiger partial charge in [0.25, 0.3) is 0 Å². The monoisotopic (exact) mass is 464 g/mol. The number of hydrogen-bond acceptors (Lipinski definition) is 6. The summed E-state index contributed by atoms with van der Waals surface area (Å²) >= 11 is 0. The highest BCUT2D eigenvalue weighted by Crippen LogP contribution is 2.38. The van der Waals surface area contributed by atoms with Crippen LogP contribution < -0.4 is 4.74 Å². The van der Waals surface area contributed by atoms with E-state index in [0.29, 0.717) is 0 Å². The van der Waals surface area contributed by atoms with E-state index >= 15 is 0 Å². The van der Waals surface area contributed by atoms with Crippen molar-refractivity contribution in [1.29, 1.82) is 0 Å². The molecule has 10 heteroatoms. The van der Waals surface area contributed by atoms with Gasteiger partial charge in [0.05, 0.1) is 32.4 Å². The zero-order chi connectivity index (χ0) is 23.6. The molecule has 2 aliphatic rings. The molecule has 2 fully saturated rings. The van der Waals surface area contributed by atoms with Crippen LogP contribution in [0, 0.1) is 5.92 Å². The second kappa shape index (κ2) is 9.38. The predicted octanol–water partition coefficient (Wildman–Crippen LogP) is 4.11. The molecule has 0 aliphatic carbocycles. The number of aromatic nitrogens is 1. The second-order valence-electron chi connectivity index (χ2n) is 8.10. The van der Waals surface area contributed by atoms with E-state index in [0.717, 1.165) is 24.9 Å². The van der Waals surface area contributed by atoms with Gasteiger partial charge in [-0.15, -0.1) is 0 Å². The number of amides is 1. The van der Waals surface area contributed by atoms with Crippen molar-refractivity contribution in [1.82, 2.24) is 9.88 Å². The summed E-state index contributed by atoms with van der Waals surface area (Å²) in [6, 6.07) is 9.24. The quantitative estimate of drug-likeness (QED) is 0.620. The van der Waals surface area contributed by atoms with Crippen molar-refractivity contribution in [2.75, 3.05) is 20.3 Å². The Morgan fingerprint density at radius 2 is 1.82 bits per heavy atom. The number of ether oxygens (including phenoxy) is 3. The third-order valence-corrected chi connectivity index (χ3v) is 5.94. The highest BCUT2D eigenvalue weighted by molar-refractivity contribution is 5.98. The molecule has 2 aromatic rings. The lowest BCUT2D eigenvalue weighted by molar-refractivity contribution is -0.139. The van der Waals surface area contributed by atoms with Gasteiger partial charge in [-0.2, -0.15) is 13.2 Å². The first-order valence-electron chi connectivity index (χ1n) is 10.5. The maximum absolute atomic E-state index is 13.3. The summed E-state index contributed by atoms with van der Waals surface area (Å²) in [7, 11) is 1.09. The summed E-state index contributed by atoms with van der Waals surface area (Å²) in [6.45, 7) is 0.585. The van der Waals surface area contributed by atoms with Crippen LogP contribution in [0.25, 0.3) is 0 Å². The zero-order valence-electron chi connectivity index (χ0n) is 17.9. The number of ketones is 1. The fourth-order valence-electron chi connectivity index (χ4n) is 4.41. The number of methoxy groups -OCH3 is 1. The van der Waals surface area contributed by atoms with Gasteiger partial charge in [-0.05, 0) is 24.5 Å². The van der Waals surface area contributed by atoms with E-state index in [1.165, 1.54) is 0 Å². The van der Waals surface area contributed by atoms with E-state index in [9.17, 15) is 22.8 Å². The lowest BCUT2D eigenvalue weighted by atomic mass is 9.81. The SMILES string of the molecule is COc1ncc(C(=O)C2CC3COCC(C2)N3C(=O)OCc2ccccc2)cc1C(F)(F)F. The van der Waals surface area contributed by atoms with Crippen LogP contribution in [0.5, 0.6) is 5.88 Å². The molecule has 0 N–H and O–H groups in total. The number of rotatable bonds is 5. The van der Waals surface area contributed by atoms with Gasteiger partial charge in [0, 0.05) is 17.7 Å². The number of Topliss-reactive ketones (excluding diaryl/α,β-unsaturated/α-hetero) is 1. The van der Waals surface area contributed by atoms with Crippen LogP contribution in [0.2, 0.25) is 0 Å². The number of piperidine rings is 1. The first-order chi connectivity index (χ1) is 15.8. The molecule has 2 unspecified atom stereocenters. The lowest BCUT2D eigenvalue weighted by Gasteiger charge is -2.47. The Labute approximate surface area is 188 Å². The number of halogens is 3. The molecule has 3 heterocycles. The molecule has 0 saturated carbocycles. The maximum Gasteiger partial charge on any atom is 0.421 e. The van der Waals surface area contributed by atoms with E-state index in [1.807, 2.05) is 30.3 Å². The Morgan fingerprint density at radius 1 is 1.15 bits per heavy atom. The maximum atomic E-state index is 13.3. The van der Waals surface area contributed by atoms with Crippen molar-refractivity contribution in [3.8, 4) is 5.88 Å². The molecule has 4 rings (SSSR count). The molecule has 7 nitrogen and oxygen atoms in total. The van der Waals surface area contributed by atoms with E-state index in [1.54, 1.807) is 4.90 Å². The number of carbonyl (C=O) groups excluding carboxylic acids is 2. The number of morpholine rings is 1. The van der Waals surface area contributed by atoms with Crippen molar-refractivity contribution >= 4 is 11.9 Å². The van der Waals surface area contributed by atoms with Crippen LogP contribution in [0.15, 0.2) is 42.6 Å². The van der Waals surface area contributed by atoms with Crippen LogP contribution in [0.1, 0.15) is 34.3 Å². The highest BCUT2D eigenvalue weighted by Gasteiger charge is 2.45. The van der Waals surface area contributed by atoms with Gasteiger partial charge in [0.1, 0.15) is 12.2 Å². The van der Waals surface area contributed by atoms with Gasteiger partial charge < -0.3 is 14.2 Å². The molecule has 176 valence electrons. The normalized spacial score (nSPS) is 22.5. The van der Waals surface area contributed by atoms with Crippen molar-refractivity contribution in [3.63, 3.8) is 0 Å². The summed E-state index contributed by atoms with van der Waals surface area (Å²) in [6.07, 6.45) is -3.56. The van der Waals surface area contributed by atoms with Gasteiger partial charge in [0.2, 0.25) is 5.88 Å². The number of hydrogen-bond donors (Lipinski definition) is 0. The Kier molecular flexibility index (Phi) is 6.55. The standard InChI is InChI=1S/C23H23F3N2O5/c1-31-21-19(23(24,25)26)9-16(10-27-21)20(29)15-7-17-12-32-13-18(8-15)28(17)22(30)33-11-14-5-3-2-4-6-14/h2-6,9-10,15,17-18H,7-8,11-13H2,1H3. The molecule has 2 bridgehead atoms. The average Bonchev–Trinajstić information content (AvgIpc) is 2.81. The Morgan fingerprint density at radius 3 is 2.42 bits per heavy atom. The molecule has 2 saturated heterocycles. The number of nitrogens with zero attached hydrogens (tertiary/aromatic N) is 2. The third-order valence-electron chi connectivity index (χ3n) is 5.94.